The van der Waals surface area contributed by atoms with Crippen LogP contribution in [0.2, 0.25) is 0 Å². The summed E-state index contributed by atoms with van der Waals surface area (Å²) in [5, 5.41) is 17.4. The van der Waals surface area contributed by atoms with E-state index >= 15 is 0 Å². The van der Waals surface area contributed by atoms with Crippen LogP contribution in [0.3, 0.4) is 0 Å². The smallest absolute Gasteiger partial charge is 1.00 e. The summed E-state index contributed by atoms with van der Waals surface area (Å²) in [6.07, 6.45) is -1.41. The van der Waals surface area contributed by atoms with Crippen molar-refractivity contribution in [3.63, 3.8) is 0 Å². The Hall–Kier alpha value is 1.17. The van der Waals surface area contributed by atoms with Gasteiger partial charge in [0.15, 0.2) is 6.10 Å². The van der Waals surface area contributed by atoms with E-state index in [1.165, 1.54) is 0 Å². The van der Waals surface area contributed by atoms with Crippen molar-refractivity contribution in [2.45, 2.75) is 6.10 Å². The van der Waals surface area contributed by atoms with Crippen molar-refractivity contribution in [3.05, 3.63) is 35.9 Å². The predicted molar refractivity (Wildman–Crippen MR) is 40.1 cm³/mol. The fourth-order valence-electron chi connectivity index (χ4n) is 0.778. The minimum atomic E-state index is -1.41. The molecule has 0 bridgehead atoms. The Morgan fingerprint density at radius 1 is 1.31 bits per heavy atom. The zero-order valence-corrected chi connectivity index (χ0v) is 12.8. The Morgan fingerprint density at radius 2 is 1.77 bits per heavy atom. The van der Waals surface area contributed by atoms with E-state index in [9.17, 15) is 4.79 Å². The molecule has 0 unspecified atom stereocenters. The Labute approximate surface area is 140 Å². The molecule has 1 atom stereocenters. The van der Waals surface area contributed by atoms with Crippen LogP contribution < -0.4 is 51.4 Å². The zero-order chi connectivity index (χ0) is 8.27. The van der Waals surface area contributed by atoms with Gasteiger partial charge in [0.2, 0.25) is 0 Å². The topological polar surface area (TPSA) is 57.5 Å². The molecule has 1 aromatic rings. The summed E-state index contributed by atoms with van der Waals surface area (Å²) in [5.41, 5.74) is 0.403. The molecule has 64 valence electrons. The van der Waals surface area contributed by atoms with Crippen molar-refractivity contribution >= 4 is 5.97 Å². The van der Waals surface area contributed by atoms with Gasteiger partial charge in [-0.25, -0.2) is 4.79 Å². The number of hydrogen-bond donors (Lipinski definition) is 2. The van der Waals surface area contributed by atoms with Gasteiger partial charge >= 0.3 is 57.4 Å². The normalized spacial score (nSPS) is 10.5. The maximum Gasteiger partial charge on any atom is 1.00 e. The predicted octanol–water partition coefficient (Wildman–Crippen LogP) is -2.08. The summed E-state index contributed by atoms with van der Waals surface area (Å²) < 4.78 is 0. The summed E-state index contributed by atoms with van der Waals surface area (Å²) in [6, 6.07) is 8.26. The SMILES string of the molecule is O=C(O)[C@H](O)c1ccccc1.[H-].[K+].[Zr]. The van der Waals surface area contributed by atoms with Gasteiger partial charge in [-0.1, -0.05) is 30.3 Å². The van der Waals surface area contributed by atoms with Crippen LogP contribution in [0.25, 0.3) is 0 Å². The van der Waals surface area contributed by atoms with Crippen LogP contribution >= 0.6 is 0 Å². The summed E-state index contributed by atoms with van der Waals surface area (Å²) >= 11 is 0. The van der Waals surface area contributed by atoms with Gasteiger partial charge in [-0.15, -0.1) is 0 Å². The Morgan fingerprint density at radius 3 is 2.15 bits per heavy atom. The second-order valence-electron chi connectivity index (χ2n) is 2.15. The number of carbonyl (C=O) groups is 1. The molecule has 0 aliphatic carbocycles. The summed E-state index contributed by atoms with van der Waals surface area (Å²) in [4.78, 5) is 10.2. The second-order valence-corrected chi connectivity index (χ2v) is 2.15. The molecule has 1 rings (SSSR count). The van der Waals surface area contributed by atoms with Crippen molar-refractivity contribution in [2.75, 3.05) is 0 Å². The molecule has 0 aliphatic heterocycles. The number of carboxylic acids is 1. The van der Waals surface area contributed by atoms with E-state index in [1.54, 1.807) is 30.3 Å². The fourth-order valence-corrected chi connectivity index (χ4v) is 0.778. The molecule has 0 radical (unpaired) electrons. The molecule has 0 saturated heterocycles. The summed E-state index contributed by atoms with van der Waals surface area (Å²) in [6.45, 7) is 0. The van der Waals surface area contributed by atoms with Crippen molar-refractivity contribution in [1.29, 1.82) is 0 Å². The average molecular weight is 283 g/mol. The first-order valence-electron chi connectivity index (χ1n) is 3.17. The third kappa shape index (κ3) is 5.57. The number of aliphatic hydroxyl groups excluding tert-OH is 1. The van der Waals surface area contributed by atoms with Crippen molar-refractivity contribution in [2.24, 2.45) is 0 Å². The number of aliphatic carboxylic acids is 1. The first kappa shape index (κ1) is 16.6. The minimum Gasteiger partial charge on any atom is -1.00 e. The number of rotatable bonds is 2. The van der Waals surface area contributed by atoms with E-state index in [-0.39, 0.29) is 79.0 Å². The Bertz CT molecular complexity index is 258. The van der Waals surface area contributed by atoms with Crippen LogP contribution in [0.5, 0.6) is 0 Å². The monoisotopic (exact) mass is 282 g/mol. The van der Waals surface area contributed by atoms with Gasteiger partial charge in [0.25, 0.3) is 0 Å². The minimum absolute atomic E-state index is 0. The number of benzene rings is 1. The van der Waals surface area contributed by atoms with Gasteiger partial charge in [0, 0.05) is 26.2 Å². The third-order valence-corrected chi connectivity index (χ3v) is 1.35. The second kappa shape index (κ2) is 8.48. The number of hydrogen-bond acceptors (Lipinski definition) is 2. The van der Waals surface area contributed by atoms with Crippen molar-refractivity contribution in [1.82, 2.24) is 0 Å². The zero-order valence-electron chi connectivity index (χ0n) is 8.27. The molecule has 1 aromatic carbocycles. The van der Waals surface area contributed by atoms with Crippen LogP contribution in [0.15, 0.2) is 30.3 Å². The molecule has 2 N–H and O–H groups in total. The standard InChI is InChI=1S/C8H8O3.K.Zr.H/c9-7(8(10)11)6-4-2-1-3-5-6;;;/h1-5,7,9H,(H,10,11);;;/q;+1;;-1/t7-;;;/m1.../s1. The van der Waals surface area contributed by atoms with Gasteiger partial charge in [-0.05, 0) is 5.56 Å². The first-order valence-corrected chi connectivity index (χ1v) is 3.17. The fraction of sp³-hybridized carbons (Fsp3) is 0.125. The molecule has 0 aliphatic rings. The third-order valence-electron chi connectivity index (χ3n) is 1.35. The van der Waals surface area contributed by atoms with E-state index < -0.39 is 12.1 Å². The molecule has 13 heavy (non-hydrogen) atoms. The van der Waals surface area contributed by atoms with E-state index in [0.29, 0.717) is 5.56 Å². The molecule has 0 heterocycles. The molecular formula is C8H9KO3Zr. The van der Waals surface area contributed by atoms with E-state index in [2.05, 4.69) is 0 Å². The molecule has 0 aromatic heterocycles. The Balaban J connectivity index is -0.000000403. The van der Waals surface area contributed by atoms with E-state index in [0.717, 1.165) is 0 Å². The van der Waals surface area contributed by atoms with Gasteiger partial charge in [0.1, 0.15) is 0 Å². The molecule has 0 fully saturated rings. The summed E-state index contributed by atoms with van der Waals surface area (Å²) in [5.74, 6) is -1.23. The number of aliphatic hydroxyl groups is 1. The van der Waals surface area contributed by atoms with Gasteiger partial charge in [-0.2, -0.15) is 0 Å². The number of carboxylic acid groups (broad SMARTS) is 1. The van der Waals surface area contributed by atoms with Gasteiger partial charge in [0.05, 0.1) is 0 Å². The van der Waals surface area contributed by atoms with E-state index in [4.69, 9.17) is 10.2 Å². The van der Waals surface area contributed by atoms with Crippen LogP contribution in [0.4, 0.5) is 0 Å². The van der Waals surface area contributed by atoms with Crippen LogP contribution in [0, 0.1) is 0 Å². The van der Waals surface area contributed by atoms with Crippen LogP contribution in [-0.4, -0.2) is 16.2 Å². The molecule has 3 nitrogen and oxygen atoms in total. The average Bonchev–Trinajstić information content (AvgIpc) is 2.05. The quantitative estimate of drug-likeness (QED) is 0.613. The van der Waals surface area contributed by atoms with Crippen molar-refractivity contribution in [3.8, 4) is 0 Å². The molecule has 0 spiro atoms. The summed E-state index contributed by atoms with van der Waals surface area (Å²) in [7, 11) is 0. The molecule has 0 saturated carbocycles. The maximum absolute atomic E-state index is 10.2. The molecule has 5 heteroatoms. The van der Waals surface area contributed by atoms with Gasteiger partial charge < -0.3 is 11.6 Å². The maximum atomic E-state index is 10.2. The van der Waals surface area contributed by atoms with Crippen LogP contribution in [0.1, 0.15) is 13.1 Å². The largest absolute Gasteiger partial charge is 1.00 e. The van der Waals surface area contributed by atoms with Gasteiger partial charge in [-0.3, -0.25) is 0 Å². The van der Waals surface area contributed by atoms with E-state index in [1.807, 2.05) is 0 Å². The van der Waals surface area contributed by atoms with Crippen molar-refractivity contribution < 1.29 is 94.0 Å². The molecule has 0 amide bonds. The van der Waals surface area contributed by atoms with Crippen LogP contribution in [-0.2, 0) is 31.0 Å². The molecular weight excluding hydrogens is 274 g/mol. The first-order chi connectivity index (χ1) is 5.22. The Kier molecular flexibility index (Phi) is 10.8.